The highest BCUT2D eigenvalue weighted by Crippen LogP contribution is 2.31. The lowest BCUT2D eigenvalue weighted by Crippen LogP contribution is -2.29. The van der Waals surface area contributed by atoms with Crippen LogP contribution in [-0.4, -0.2) is 6.61 Å². The van der Waals surface area contributed by atoms with Crippen LogP contribution in [0.15, 0.2) is 60.7 Å². The summed E-state index contributed by atoms with van der Waals surface area (Å²) in [6, 6.07) is 20.2. The number of hydrogen-bond acceptors (Lipinski definition) is 2. The van der Waals surface area contributed by atoms with E-state index in [2.05, 4.69) is 31.2 Å². The molecule has 0 fully saturated rings. The Bertz CT molecular complexity index is 489. The van der Waals surface area contributed by atoms with E-state index in [1.54, 1.807) is 6.26 Å². The molecule has 0 unspecified atom stereocenters. The van der Waals surface area contributed by atoms with Crippen molar-refractivity contribution in [2.24, 2.45) is 0 Å². The molecule has 0 aliphatic heterocycles. The second-order valence-corrected chi connectivity index (χ2v) is 4.44. The SMILES string of the molecule is CC(COC#N)(c1ccccc1)c1ccccc1. The molecule has 0 saturated heterocycles. The van der Waals surface area contributed by atoms with Crippen LogP contribution >= 0.6 is 0 Å². The summed E-state index contributed by atoms with van der Waals surface area (Å²) in [7, 11) is 0. The van der Waals surface area contributed by atoms with Crippen molar-refractivity contribution in [3.8, 4) is 6.26 Å². The quantitative estimate of drug-likeness (QED) is 0.762. The molecular weight excluding hydrogens is 222 g/mol. The molecule has 0 spiro atoms. The topological polar surface area (TPSA) is 33.0 Å². The summed E-state index contributed by atoms with van der Waals surface area (Å²) in [5.41, 5.74) is 1.98. The summed E-state index contributed by atoms with van der Waals surface area (Å²) in [6.45, 7) is 2.44. The van der Waals surface area contributed by atoms with Gasteiger partial charge in [0.15, 0.2) is 0 Å². The first-order valence-electron chi connectivity index (χ1n) is 5.89. The second-order valence-electron chi connectivity index (χ2n) is 4.44. The van der Waals surface area contributed by atoms with Crippen molar-refractivity contribution in [2.45, 2.75) is 12.3 Å². The van der Waals surface area contributed by atoms with Gasteiger partial charge in [0, 0.05) is 0 Å². The smallest absolute Gasteiger partial charge is 0.286 e. The van der Waals surface area contributed by atoms with Crippen molar-refractivity contribution < 1.29 is 4.74 Å². The Morgan fingerprint density at radius 2 is 1.39 bits per heavy atom. The molecule has 0 aliphatic rings. The molecule has 2 nitrogen and oxygen atoms in total. The van der Waals surface area contributed by atoms with Crippen LogP contribution in [0.25, 0.3) is 0 Å². The maximum Gasteiger partial charge on any atom is 0.286 e. The van der Waals surface area contributed by atoms with E-state index in [9.17, 15) is 0 Å². The molecule has 0 aromatic heterocycles. The summed E-state index contributed by atoms with van der Waals surface area (Å²) in [5, 5.41) is 8.65. The number of hydrogen-bond donors (Lipinski definition) is 0. The van der Waals surface area contributed by atoms with Gasteiger partial charge in [0.2, 0.25) is 0 Å². The largest absolute Gasteiger partial charge is 0.426 e. The number of nitrogens with zero attached hydrogens (tertiary/aromatic N) is 1. The Labute approximate surface area is 107 Å². The van der Waals surface area contributed by atoms with E-state index in [1.165, 1.54) is 0 Å². The Balaban J connectivity index is 2.45. The molecular formula is C16H15NO. The second kappa shape index (κ2) is 5.37. The molecule has 0 N–H and O–H groups in total. The van der Waals surface area contributed by atoms with E-state index < -0.39 is 0 Å². The number of rotatable bonds is 4. The zero-order valence-electron chi connectivity index (χ0n) is 10.3. The molecule has 0 saturated carbocycles. The van der Waals surface area contributed by atoms with Crippen molar-refractivity contribution in [1.82, 2.24) is 0 Å². The Kier molecular flexibility index (Phi) is 3.64. The summed E-state index contributed by atoms with van der Waals surface area (Å²) in [5.74, 6) is 0. The van der Waals surface area contributed by atoms with Gasteiger partial charge in [0.05, 0.1) is 5.41 Å². The Morgan fingerprint density at radius 3 is 1.78 bits per heavy atom. The molecule has 18 heavy (non-hydrogen) atoms. The van der Waals surface area contributed by atoms with Crippen LogP contribution < -0.4 is 0 Å². The average molecular weight is 237 g/mol. The highest BCUT2D eigenvalue weighted by molar-refractivity contribution is 5.38. The van der Waals surface area contributed by atoms with Gasteiger partial charge < -0.3 is 4.74 Å². The van der Waals surface area contributed by atoms with Gasteiger partial charge in [0.1, 0.15) is 6.61 Å². The predicted octanol–water partition coefficient (Wildman–Crippen LogP) is 3.49. The zero-order valence-corrected chi connectivity index (χ0v) is 10.3. The van der Waals surface area contributed by atoms with Crippen LogP contribution in [0.4, 0.5) is 0 Å². The molecule has 2 aromatic carbocycles. The van der Waals surface area contributed by atoms with Crippen LogP contribution in [0.3, 0.4) is 0 Å². The fourth-order valence-corrected chi connectivity index (χ4v) is 2.12. The minimum atomic E-state index is -0.307. The van der Waals surface area contributed by atoms with Crippen molar-refractivity contribution in [3.63, 3.8) is 0 Å². The lowest BCUT2D eigenvalue weighted by molar-refractivity contribution is 0.215. The van der Waals surface area contributed by atoms with Crippen molar-refractivity contribution >= 4 is 0 Å². The number of ether oxygens (including phenoxy) is 1. The van der Waals surface area contributed by atoms with E-state index in [1.807, 2.05) is 36.4 Å². The minimum Gasteiger partial charge on any atom is -0.426 e. The third-order valence-corrected chi connectivity index (χ3v) is 3.25. The maximum absolute atomic E-state index is 8.65. The summed E-state index contributed by atoms with van der Waals surface area (Å²) in [6.07, 6.45) is 1.76. The fourth-order valence-electron chi connectivity index (χ4n) is 2.12. The van der Waals surface area contributed by atoms with E-state index in [0.29, 0.717) is 6.61 Å². The zero-order chi connectivity index (χ0) is 12.8. The molecule has 0 bridgehead atoms. The highest BCUT2D eigenvalue weighted by Gasteiger charge is 2.29. The Morgan fingerprint density at radius 1 is 0.944 bits per heavy atom. The molecule has 2 heteroatoms. The van der Waals surface area contributed by atoms with Gasteiger partial charge >= 0.3 is 0 Å². The van der Waals surface area contributed by atoms with E-state index >= 15 is 0 Å². The molecule has 90 valence electrons. The summed E-state index contributed by atoms with van der Waals surface area (Å²) >= 11 is 0. The predicted molar refractivity (Wildman–Crippen MR) is 70.9 cm³/mol. The lowest BCUT2D eigenvalue weighted by Gasteiger charge is -2.29. The van der Waals surface area contributed by atoms with Crippen molar-refractivity contribution in [1.29, 1.82) is 5.26 Å². The maximum atomic E-state index is 8.65. The molecule has 0 heterocycles. The lowest BCUT2D eigenvalue weighted by atomic mass is 9.77. The third kappa shape index (κ3) is 2.36. The van der Waals surface area contributed by atoms with Gasteiger partial charge in [-0.15, -0.1) is 0 Å². The Hall–Kier alpha value is -2.27. The summed E-state index contributed by atoms with van der Waals surface area (Å²) < 4.78 is 5.01. The first-order chi connectivity index (χ1) is 8.77. The average Bonchev–Trinajstić information content (AvgIpc) is 2.46. The van der Waals surface area contributed by atoms with E-state index in [4.69, 9.17) is 10.00 Å². The molecule has 0 amide bonds. The van der Waals surface area contributed by atoms with Crippen LogP contribution in [0, 0.1) is 11.5 Å². The normalized spacial score (nSPS) is 10.7. The van der Waals surface area contributed by atoms with Gasteiger partial charge in [-0.05, 0) is 18.1 Å². The van der Waals surface area contributed by atoms with Crippen molar-refractivity contribution in [2.75, 3.05) is 6.61 Å². The van der Waals surface area contributed by atoms with Crippen LogP contribution in [0.2, 0.25) is 0 Å². The molecule has 0 aliphatic carbocycles. The first kappa shape index (κ1) is 12.2. The number of benzene rings is 2. The standard InChI is InChI=1S/C16H15NO/c1-16(12-18-13-17,14-8-4-2-5-9-14)15-10-6-3-7-11-15/h2-11H,12H2,1H3. The van der Waals surface area contributed by atoms with E-state index in [-0.39, 0.29) is 5.41 Å². The first-order valence-corrected chi connectivity index (χ1v) is 5.89. The van der Waals surface area contributed by atoms with Gasteiger partial charge in [-0.3, -0.25) is 0 Å². The van der Waals surface area contributed by atoms with Gasteiger partial charge in [-0.25, -0.2) is 0 Å². The molecule has 0 radical (unpaired) electrons. The fraction of sp³-hybridized carbons (Fsp3) is 0.188. The van der Waals surface area contributed by atoms with Gasteiger partial charge in [-0.2, -0.15) is 5.26 Å². The summed E-state index contributed by atoms with van der Waals surface area (Å²) in [4.78, 5) is 0. The van der Waals surface area contributed by atoms with Crippen LogP contribution in [0.1, 0.15) is 18.1 Å². The monoisotopic (exact) mass is 237 g/mol. The van der Waals surface area contributed by atoms with E-state index in [0.717, 1.165) is 11.1 Å². The molecule has 2 aromatic rings. The van der Waals surface area contributed by atoms with Gasteiger partial charge in [0.25, 0.3) is 6.26 Å². The minimum absolute atomic E-state index is 0.307. The van der Waals surface area contributed by atoms with Crippen LogP contribution in [0.5, 0.6) is 0 Å². The van der Waals surface area contributed by atoms with Crippen molar-refractivity contribution in [3.05, 3.63) is 71.8 Å². The molecule has 0 atom stereocenters. The number of nitriles is 1. The van der Waals surface area contributed by atoms with Crippen LogP contribution in [-0.2, 0) is 10.2 Å². The molecule has 2 rings (SSSR count). The van der Waals surface area contributed by atoms with Gasteiger partial charge in [-0.1, -0.05) is 60.7 Å². The highest BCUT2D eigenvalue weighted by atomic mass is 16.5. The third-order valence-electron chi connectivity index (χ3n) is 3.25.